The molecule has 3 rings (SSSR count). The molecule has 1 heterocycles. The van der Waals surface area contributed by atoms with Crippen molar-refractivity contribution in [2.24, 2.45) is 0 Å². The van der Waals surface area contributed by atoms with Gasteiger partial charge >= 0.3 is 0 Å². The Morgan fingerprint density at radius 3 is 2.93 bits per heavy atom. The maximum absolute atomic E-state index is 13.5. The molecule has 0 spiro atoms. The molecule has 28 heavy (non-hydrogen) atoms. The third-order valence-electron chi connectivity index (χ3n) is 4.23. The number of anilines is 2. The Balaban J connectivity index is 1.41. The van der Waals surface area contributed by atoms with Gasteiger partial charge in [0.15, 0.2) is 6.61 Å². The zero-order valence-electron chi connectivity index (χ0n) is 15.0. The minimum atomic E-state index is -0.588. The topological polar surface area (TPSA) is 103 Å². The molecule has 2 amide bonds. The van der Waals surface area contributed by atoms with Crippen molar-refractivity contribution in [1.82, 2.24) is 5.32 Å². The number of aryl methyl sites for hydroxylation is 1. The molecular weight excluding hydrogens is 363 g/mol. The van der Waals surface area contributed by atoms with E-state index >= 15 is 0 Å². The molecule has 0 saturated heterocycles. The van der Waals surface area contributed by atoms with Gasteiger partial charge in [0, 0.05) is 25.2 Å². The molecule has 8 heteroatoms. The van der Waals surface area contributed by atoms with Crippen molar-refractivity contribution in [2.75, 3.05) is 30.3 Å². The highest BCUT2D eigenvalue weighted by molar-refractivity contribution is 5.94. The molecule has 1 aliphatic heterocycles. The Morgan fingerprint density at radius 1 is 1.25 bits per heavy atom. The van der Waals surface area contributed by atoms with Gasteiger partial charge in [-0.25, -0.2) is 4.39 Å². The number of nitrogens with zero attached hydrogens (tertiary/aromatic N) is 1. The number of carbonyl (C=O) groups excluding carboxylic acids is 2. The summed E-state index contributed by atoms with van der Waals surface area (Å²) in [4.78, 5) is 23.3. The fraction of sp³-hybridized carbons (Fsp3) is 0.250. The van der Waals surface area contributed by atoms with Gasteiger partial charge in [-0.3, -0.25) is 9.59 Å². The van der Waals surface area contributed by atoms with E-state index in [2.05, 4.69) is 16.0 Å². The number of amides is 2. The molecule has 0 unspecified atom stereocenters. The first-order valence-corrected chi connectivity index (χ1v) is 8.81. The molecule has 3 N–H and O–H groups in total. The summed E-state index contributed by atoms with van der Waals surface area (Å²) in [7, 11) is 0. The molecular formula is C20H19FN4O3. The number of hydrogen-bond donors (Lipinski definition) is 3. The van der Waals surface area contributed by atoms with Crippen LogP contribution in [0, 0.1) is 17.1 Å². The molecule has 0 saturated carbocycles. The first-order chi connectivity index (χ1) is 13.6. The Morgan fingerprint density at radius 2 is 2.11 bits per heavy atom. The van der Waals surface area contributed by atoms with E-state index in [9.17, 15) is 14.0 Å². The van der Waals surface area contributed by atoms with Gasteiger partial charge in [-0.05, 0) is 42.3 Å². The van der Waals surface area contributed by atoms with Crippen LogP contribution in [0.5, 0.6) is 5.75 Å². The van der Waals surface area contributed by atoms with Crippen LogP contribution < -0.4 is 20.7 Å². The SMILES string of the molecule is N#Cc1c(F)cccc1NCCNC(=O)COc1ccc2c(c1)CCC(=O)N2. The van der Waals surface area contributed by atoms with Gasteiger partial charge in [0.25, 0.3) is 5.91 Å². The lowest BCUT2D eigenvalue weighted by Gasteiger charge is -2.17. The van der Waals surface area contributed by atoms with E-state index in [1.165, 1.54) is 12.1 Å². The van der Waals surface area contributed by atoms with Crippen LogP contribution in [0.15, 0.2) is 36.4 Å². The summed E-state index contributed by atoms with van der Waals surface area (Å²) in [6.07, 6.45) is 1.07. The van der Waals surface area contributed by atoms with Crippen molar-refractivity contribution in [3.8, 4) is 11.8 Å². The van der Waals surface area contributed by atoms with E-state index in [1.54, 1.807) is 18.2 Å². The Labute approximate surface area is 161 Å². The van der Waals surface area contributed by atoms with Crippen LogP contribution in [-0.2, 0) is 16.0 Å². The first kappa shape index (κ1) is 19.2. The molecule has 1 aliphatic rings. The zero-order chi connectivity index (χ0) is 19.9. The van der Waals surface area contributed by atoms with Crippen molar-refractivity contribution in [3.05, 3.63) is 53.3 Å². The molecule has 144 valence electrons. The van der Waals surface area contributed by atoms with Gasteiger partial charge in [0.05, 0.1) is 5.69 Å². The maximum Gasteiger partial charge on any atom is 0.258 e. The van der Waals surface area contributed by atoms with Gasteiger partial charge in [-0.2, -0.15) is 5.26 Å². The molecule has 2 aromatic rings. The fourth-order valence-electron chi connectivity index (χ4n) is 2.83. The Kier molecular flexibility index (Phi) is 6.07. The number of ether oxygens (including phenoxy) is 1. The zero-order valence-corrected chi connectivity index (χ0v) is 15.0. The third kappa shape index (κ3) is 4.76. The lowest BCUT2D eigenvalue weighted by atomic mass is 10.0. The van der Waals surface area contributed by atoms with Crippen LogP contribution in [0.2, 0.25) is 0 Å². The summed E-state index contributed by atoms with van der Waals surface area (Å²) < 4.78 is 19.0. The van der Waals surface area contributed by atoms with Crippen LogP contribution in [0.25, 0.3) is 0 Å². The first-order valence-electron chi connectivity index (χ1n) is 8.81. The minimum absolute atomic E-state index is 0.00529. The molecule has 0 fully saturated rings. The van der Waals surface area contributed by atoms with Crippen LogP contribution in [0.3, 0.4) is 0 Å². The number of nitriles is 1. The second-order valence-electron chi connectivity index (χ2n) is 6.21. The quantitative estimate of drug-likeness (QED) is 0.637. The summed E-state index contributed by atoms with van der Waals surface area (Å²) >= 11 is 0. The number of nitrogens with one attached hydrogen (secondary N) is 3. The van der Waals surface area contributed by atoms with Crippen molar-refractivity contribution in [1.29, 1.82) is 5.26 Å². The fourth-order valence-corrected chi connectivity index (χ4v) is 2.83. The van der Waals surface area contributed by atoms with Gasteiger partial charge in [0.2, 0.25) is 5.91 Å². The minimum Gasteiger partial charge on any atom is -0.484 e. The van der Waals surface area contributed by atoms with Crippen molar-refractivity contribution >= 4 is 23.2 Å². The van der Waals surface area contributed by atoms with E-state index in [0.29, 0.717) is 37.4 Å². The van der Waals surface area contributed by atoms with Crippen molar-refractivity contribution < 1.29 is 18.7 Å². The molecule has 0 bridgehead atoms. The predicted molar refractivity (Wildman–Crippen MR) is 102 cm³/mol. The number of carbonyl (C=O) groups is 2. The van der Waals surface area contributed by atoms with Crippen molar-refractivity contribution in [3.63, 3.8) is 0 Å². The lowest BCUT2D eigenvalue weighted by Crippen LogP contribution is -2.32. The number of halogens is 1. The van der Waals surface area contributed by atoms with E-state index in [1.807, 2.05) is 12.1 Å². The highest BCUT2D eigenvalue weighted by atomic mass is 19.1. The predicted octanol–water partition coefficient (Wildman–Crippen LogP) is 2.19. The van der Waals surface area contributed by atoms with E-state index < -0.39 is 5.82 Å². The molecule has 0 aromatic heterocycles. The van der Waals surface area contributed by atoms with Gasteiger partial charge in [0.1, 0.15) is 23.2 Å². The van der Waals surface area contributed by atoms with E-state index in [4.69, 9.17) is 10.00 Å². The standard InChI is InChI=1S/C20H19FN4O3/c21-16-2-1-3-18(15(16)11-22)23-8-9-24-20(27)12-28-14-5-6-17-13(10-14)4-7-19(26)25-17/h1-3,5-6,10,23H,4,7-9,12H2,(H,24,27)(H,25,26). The summed E-state index contributed by atoms with van der Waals surface area (Å²) in [6.45, 7) is 0.483. The third-order valence-corrected chi connectivity index (χ3v) is 4.23. The maximum atomic E-state index is 13.5. The van der Waals surface area contributed by atoms with Crippen LogP contribution >= 0.6 is 0 Å². The van der Waals surface area contributed by atoms with Gasteiger partial charge < -0.3 is 20.7 Å². The average Bonchev–Trinajstić information content (AvgIpc) is 2.69. The number of fused-ring (bicyclic) bond motifs is 1. The number of hydrogen-bond acceptors (Lipinski definition) is 5. The molecule has 7 nitrogen and oxygen atoms in total. The number of benzene rings is 2. The molecule has 0 radical (unpaired) electrons. The lowest BCUT2D eigenvalue weighted by molar-refractivity contribution is -0.123. The summed E-state index contributed by atoms with van der Waals surface area (Å²) in [5.41, 5.74) is 2.08. The summed E-state index contributed by atoms with van der Waals surface area (Å²) in [5.74, 6) is -0.335. The van der Waals surface area contributed by atoms with Gasteiger partial charge in [-0.1, -0.05) is 6.07 Å². The monoisotopic (exact) mass is 382 g/mol. The summed E-state index contributed by atoms with van der Waals surface area (Å²) in [5, 5.41) is 17.4. The Bertz CT molecular complexity index is 940. The second-order valence-corrected chi connectivity index (χ2v) is 6.21. The van der Waals surface area contributed by atoms with Gasteiger partial charge in [-0.15, -0.1) is 0 Å². The van der Waals surface area contributed by atoms with Crippen LogP contribution in [0.4, 0.5) is 15.8 Å². The van der Waals surface area contributed by atoms with E-state index in [-0.39, 0.29) is 24.0 Å². The highest BCUT2D eigenvalue weighted by Crippen LogP contribution is 2.26. The van der Waals surface area contributed by atoms with Crippen molar-refractivity contribution in [2.45, 2.75) is 12.8 Å². The van der Waals surface area contributed by atoms with Crippen LogP contribution in [-0.4, -0.2) is 31.5 Å². The van der Waals surface area contributed by atoms with E-state index in [0.717, 1.165) is 11.3 Å². The highest BCUT2D eigenvalue weighted by Gasteiger charge is 2.15. The Hall–Kier alpha value is -3.60. The molecule has 0 aliphatic carbocycles. The second kappa shape index (κ2) is 8.86. The molecule has 2 aromatic carbocycles. The van der Waals surface area contributed by atoms with Crippen LogP contribution in [0.1, 0.15) is 17.5 Å². The largest absolute Gasteiger partial charge is 0.484 e. The molecule has 0 atom stereocenters. The average molecular weight is 382 g/mol. The smallest absolute Gasteiger partial charge is 0.258 e. The number of rotatable bonds is 7. The normalized spacial score (nSPS) is 12.4. The summed E-state index contributed by atoms with van der Waals surface area (Å²) in [6, 6.07) is 11.4.